The van der Waals surface area contributed by atoms with Gasteiger partial charge in [0.05, 0.1) is 30.4 Å². The Morgan fingerprint density at radius 2 is 1.88 bits per heavy atom. The topological polar surface area (TPSA) is 91.0 Å². The zero-order chi connectivity index (χ0) is 23.2. The first-order chi connectivity index (χ1) is 16.0. The molecular formula is C24H27ClN4O4. The molecule has 0 aliphatic carbocycles. The lowest BCUT2D eigenvalue weighted by atomic mass is 10.1. The fraction of sp³-hybridized carbons (Fsp3) is 0.375. The molecule has 174 valence electrons. The molecule has 0 bridgehead atoms. The molecule has 0 saturated carbocycles. The molecule has 2 aliphatic heterocycles. The standard InChI is InChI=1S/C24H27ClN4O4/c25-18-4-3-5-19(15-18)29-16-17(14-22(29)30)23(31)27-21-7-2-1-6-20(21)24(32)26-8-9-28-10-12-33-13-11-28/h1-7,15,17H,8-14,16H2,(H,26,32)(H,27,31)/t17-/m1/s1. The number of carbonyl (C=O) groups excluding carboxylic acids is 3. The number of morpholine rings is 1. The summed E-state index contributed by atoms with van der Waals surface area (Å²) in [4.78, 5) is 42.0. The van der Waals surface area contributed by atoms with Gasteiger partial charge in [-0.05, 0) is 30.3 Å². The molecule has 0 aromatic heterocycles. The van der Waals surface area contributed by atoms with E-state index in [9.17, 15) is 14.4 Å². The number of nitrogens with zero attached hydrogens (tertiary/aromatic N) is 2. The maximum absolute atomic E-state index is 12.9. The predicted octanol–water partition coefficient (Wildman–Crippen LogP) is 2.39. The maximum atomic E-state index is 12.9. The molecule has 33 heavy (non-hydrogen) atoms. The van der Waals surface area contributed by atoms with Crippen LogP contribution in [0.25, 0.3) is 0 Å². The summed E-state index contributed by atoms with van der Waals surface area (Å²) in [5, 5.41) is 6.30. The van der Waals surface area contributed by atoms with Crippen LogP contribution >= 0.6 is 11.6 Å². The molecule has 9 heteroatoms. The second-order valence-electron chi connectivity index (χ2n) is 8.13. The fourth-order valence-electron chi connectivity index (χ4n) is 4.05. The van der Waals surface area contributed by atoms with E-state index in [1.54, 1.807) is 53.4 Å². The summed E-state index contributed by atoms with van der Waals surface area (Å²) in [6, 6.07) is 13.9. The summed E-state index contributed by atoms with van der Waals surface area (Å²) in [7, 11) is 0. The summed E-state index contributed by atoms with van der Waals surface area (Å²) >= 11 is 6.04. The number of amides is 3. The Balaban J connectivity index is 1.35. The summed E-state index contributed by atoms with van der Waals surface area (Å²) in [5.74, 6) is -1.19. The minimum Gasteiger partial charge on any atom is -0.379 e. The number of rotatable bonds is 7. The highest BCUT2D eigenvalue weighted by atomic mass is 35.5. The maximum Gasteiger partial charge on any atom is 0.253 e. The average Bonchev–Trinajstić information content (AvgIpc) is 3.22. The fourth-order valence-corrected chi connectivity index (χ4v) is 4.23. The Morgan fingerprint density at radius 1 is 1.09 bits per heavy atom. The third kappa shape index (κ3) is 5.90. The molecule has 0 spiro atoms. The van der Waals surface area contributed by atoms with Gasteiger partial charge in [0, 0.05) is 49.9 Å². The van der Waals surface area contributed by atoms with Gasteiger partial charge in [0.25, 0.3) is 5.91 Å². The lowest BCUT2D eigenvalue weighted by Gasteiger charge is -2.26. The average molecular weight is 471 g/mol. The van der Waals surface area contributed by atoms with Crippen LogP contribution in [0.3, 0.4) is 0 Å². The van der Waals surface area contributed by atoms with Crippen molar-refractivity contribution in [3.8, 4) is 0 Å². The van der Waals surface area contributed by atoms with Gasteiger partial charge in [-0.3, -0.25) is 19.3 Å². The monoisotopic (exact) mass is 470 g/mol. The number of anilines is 2. The van der Waals surface area contributed by atoms with Gasteiger partial charge in [-0.15, -0.1) is 0 Å². The Morgan fingerprint density at radius 3 is 2.67 bits per heavy atom. The van der Waals surface area contributed by atoms with Crippen LogP contribution in [0, 0.1) is 5.92 Å². The third-order valence-electron chi connectivity index (χ3n) is 5.86. The van der Waals surface area contributed by atoms with Crippen molar-refractivity contribution in [2.24, 2.45) is 5.92 Å². The minimum atomic E-state index is -0.520. The highest BCUT2D eigenvalue weighted by Crippen LogP contribution is 2.28. The van der Waals surface area contributed by atoms with E-state index in [-0.39, 0.29) is 30.7 Å². The van der Waals surface area contributed by atoms with Gasteiger partial charge in [-0.25, -0.2) is 0 Å². The van der Waals surface area contributed by atoms with E-state index in [0.29, 0.717) is 41.7 Å². The quantitative estimate of drug-likeness (QED) is 0.648. The van der Waals surface area contributed by atoms with Gasteiger partial charge >= 0.3 is 0 Å². The lowest BCUT2D eigenvalue weighted by molar-refractivity contribution is -0.122. The number of para-hydroxylation sites is 1. The molecule has 1 atom stereocenters. The number of ether oxygens (including phenoxy) is 1. The zero-order valence-electron chi connectivity index (χ0n) is 18.3. The van der Waals surface area contributed by atoms with Gasteiger partial charge in [-0.1, -0.05) is 29.8 Å². The van der Waals surface area contributed by atoms with Crippen LogP contribution < -0.4 is 15.5 Å². The summed E-state index contributed by atoms with van der Waals surface area (Å²) in [5.41, 5.74) is 1.49. The molecule has 0 unspecified atom stereocenters. The van der Waals surface area contributed by atoms with Gasteiger partial charge < -0.3 is 20.3 Å². The van der Waals surface area contributed by atoms with Gasteiger partial charge in [0.15, 0.2) is 0 Å². The molecule has 2 fully saturated rings. The number of carbonyl (C=O) groups is 3. The van der Waals surface area contributed by atoms with Gasteiger partial charge in [-0.2, -0.15) is 0 Å². The molecular weight excluding hydrogens is 444 g/mol. The van der Waals surface area contributed by atoms with Crippen LogP contribution in [0.5, 0.6) is 0 Å². The Bertz CT molecular complexity index is 1030. The first-order valence-electron chi connectivity index (χ1n) is 11.1. The highest BCUT2D eigenvalue weighted by molar-refractivity contribution is 6.31. The van der Waals surface area contributed by atoms with Crippen molar-refractivity contribution in [1.82, 2.24) is 10.2 Å². The van der Waals surface area contributed by atoms with Crippen molar-refractivity contribution >= 4 is 40.7 Å². The smallest absolute Gasteiger partial charge is 0.253 e. The number of nitrogens with one attached hydrogen (secondary N) is 2. The zero-order valence-corrected chi connectivity index (χ0v) is 19.0. The first kappa shape index (κ1) is 23.2. The Hall–Kier alpha value is -2.94. The van der Waals surface area contributed by atoms with Crippen LogP contribution in [0.4, 0.5) is 11.4 Å². The molecule has 3 amide bonds. The van der Waals surface area contributed by atoms with E-state index in [0.717, 1.165) is 19.6 Å². The molecule has 2 aromatic rings. The van der Waals surface area contributed by atoms with Crippen molar-refractivity contribution in [2.45, 2.75) is 6.42 Å². The molecule has 4 rings (SSSR count). The molecule has 2 saturated heterocycles. The Kier molecular flexibility index (Phi) is 7.59. The molecule has 0 radical (unpaired) electrons. The first-order valence-corrected chi connectivity index (χ1v) is 11.4. The number of halogens is 1. The van der Waals surface area contributed by atoms with E-state index < -0.39 is 5.92 Å². The van der Waals surface area contributed by atoms with Crippen molar-refractivity contribution in [2.75, 3.05) is 56.2 Å². The van der Waals surface area contributed by atoms with E-state index >= 15 is 0 Å². The predicted molar refractivity (Wildman–Crippen MR) is 127 cm³/mol. The molecule has 2 aliphatic rings. The lowest BCUT2D eigenvalue weighted by Crippen LogP contribution is -2.41. The van der Waals surface area contributed by atoms with E-state index in [4.69, 9.17) is 16.3 Å². The largest absolute Gasteiger partial charge is 0.379 e. The number of benzene rings is 2. The van der Waals surface area contributed by atoms with Crippen molar-refractivity contribution < 1.29 is 19.1 Å². The van der Waals surface area contributed by atoms with Gasteiger partial charge in [0.1, 0.15) is 0 Å². The molecule has 8 nitrogen and oxygen atoms in total. The van der Waals surface area contributed by atoms with Crippen LogP contribution in [0.1, 0.15) is 16.8 Å². The molecule has 2 aromatic carbocycles. The minimum absolute atomic E-state index is 0.103. The summed E-state index contributed by atoms with van der Waals surface area (Å²) in [6.07, 6.45) is 0.103. The molecule has 2 heterocycles. The second kappa shape index (κ2) is 10.8. The van der Waals surface area contributed by atoms with Gasteiger partial charge in [0.2, 0.25) is 11.8 Å². The normalized spacial score (nSPS) is 18.9. The van der Waals surface area contributed by atoms with Crippen LogP contribution in [0.15, 0.2) is 48.5 Å². The second-order valence-corrected chi connectivity index (χ2v) is 8.57. The van der Waals surface area contributed by atoms with Crippen LogP contribution in [-0.2, 0) is 14.3 Å². The van der Waals surface area contributed by atoms with Crippen LogP contribution in [-0.4, -0.2) is 68.6 Å². The van der Waals surface area contributed by atoms with E-state index in [1.807, 2.05) is 0 Å². The van der Waals surface area contributed by atoms with Crippen LogP contribution in [0.2, 0.25) is 5.02 Å². The number of hydrogen-bond donors (Lipinski definition) is 2. The highest BCUT2D eigenvalue weighted by Gasteiger charge is 2.35. The third-order valence-corrected chi connectivity index (χ3v) is 6.10. The summed E-state index contributed by atoms with van der Waals surface area (Å²) in [6.45, 7) is 4.64. The molecule has 2 N–H and O–H groups in total. The van der Waals surface area contributed by atoms with Crippen molar-refractivity contribution in [3.05, 3.63) is 59.1 Å². The summed E-state index contributed by atoms with van der Waals surface area (Å²) < 4.78 is 5.34. The van der Waals surface area contributed by atoms with E-state index in [2.05, 4.69) is 15.5 Å². The number of hydrogen-bond acceptors (Lipinski definition) is 5. The van der Waals surface area contributed by atoms with Crippen molar-refractivity contribution in [3.63, 3.8) is 0 Å². The SMILES string of the molecule is O=C(NCCN1CCOCC1)c1ccccc1NC(=O)[C@@H]1CC(=O)N(c2cccc(Cl)c2)C1. The van der Waals surface area contributed by atoms with Crippen molar-refractivity contribution in [1.29, 1.82) is 0 Å². The van der Waals surface area contributed by atoms with E-state index in [1.165, 1.54) is 0 Å². The Labute approximate surface area is 197 Å².